The molecule has 0 aromatic carbocycles. The van der Waals surface area contributed by atoms with E-state index in [2.05, 4.69) is 11.4 Å². The first-order valence-corrected chi connectivity index (χ1v) is 6.52. The molecule has 0 aliphatic rings. The molecule has 3 nitrogen and oxygen atoms in total. The van der Waals surface area contributed by atoms with Gasteiger partial charge in [0.1, 0.15) is 5.54 Å². The van der Waals surface area contributed by atoms with Gasteiger partial charge in [-0.1, -0.05) is 6.92 Å². The molecule has 0 saturated carbocycles. The molecule has 0 aromatic heterocycles. The van der Waals surface area contributed by atoms with Crippen molar-refractivity contribution in [1.29, 1.82) is 5.26 Å². The average Bonchev–Trinajstić information content (AvgIpc) is 2.27. The molecule has 0 aromatic rings. The minimum absolute atomic E-state index is 0.263. The van der Waals surface area contributed by atoms with Gasteiger partial charge in [0.15, 0.2) is 0 Å². The van der Waals surface area contributed by atoms with Gasteiger partial charge in [0.25, 0.3) is 0 Å². The molecule has 0 amide bonds. The van der Waals surface area contributed by atoms with Crippen molar-refractivity contribution in [2.45, 2.75) is 32.2 Å². The number of hydrogen-bond donors (Lipinski definition) is 2. The van der Waals surface area contributed by atoms with Crippen LogP contribution in [0.25, 0.3) is 0 Å². The Morgan fingerprint density at radius 1 is 1.60 bits per heavy atom. The highest BCUT2D eigenvalue weighted by Gasteiger charge is 2.19. The number of rotatable bonds is 8. The van der Waals surface area contributed by atoms with Gasteiger partial charge in [0.2, 0.25) is 0 Å². The summed E-state index contributed by atoms with van der Waals surface area (Å²) in [5, 5.41) is 20.8. The Morgan fingerprint density at radius 2 is 2.27 bits per heavy atom. The molecule has 2 atom stereocenters. The Hall–Kier alpha value is -0.240. The molecule has 0 aliphatic carbocycles. The smallest absolute Gasteiger partial charge is 0.103 e. The second kappa shape index (κ2) is 7.98. The quantitative estimate of drug-likeness (QED) is 0.622. The lowest BCUT2D eigenvalue weighted by atomic mass is 9.99. The van der Waals surface area contributed by atoms with Gasteiger partial charge in [0, 0.05) is 6.61 Å². The van der Waals surface area contributed by atoms with Gasteiger partial charge in [-0.05, 0) is 44.2 Å². The van der Waals surface area contributed by atoms with Crippen LogP contribution >= 0.6 is 11.8 Å². The number of aliphatic hydroxyl groups excluding tert-OH is 1. The molecular weight excluding hydrogens is 208 g/mol. The van der Waals surface area contributed by atoms with Crippen LogP contribution in [0, 0.1) is 17.2 Å². The number of thioether (sulfide) groups is 1. The molecule has 0 saturated heterocycles. The Labute approximate surface area is 97.2 Å². The molecule has 0 bridgehead atoms. The van der Waals surface area contributed by atoms with Crippen LogP contribution in [0.15, 0.2) is 0 Å². The third kappa shape index (κ3) is 6.77. The predicted molar refractivity (Wildman–Crippen MR) is 65.9 cm³/mol. The molecule has 0 radical (unpaired) electrons. The van der Waals surface area contributed by atoms with E-state index in [1.165, 1.54) is 0 Å². The Kier molecular flexibility index (Phi) is 7.85. The van der Waals surface area contributed by atoms with Crippen molar-refractivity contribution in [2.75, 3.05) is 25.2 Å². The molecule has 0 aliphatic heterocycles. The normalized spacial score (nSPS) is 16.7. The van der Waals surface area contributed by atoms with Crippen molar-refractivity contribution < 1.29 is 5.11 Å². The fourth-order valence-electron chi connectivity index (χ4n) is 1.10. The molecule has 15 heavy (non-hydrogen) atoms. The van der Waals surface area contributed by atoms with Gasteiger partial charge in [-0.2, -0.15) is 17.0 Å². The Morgan fingerprint density at radius 3 is 2.73 bits per heavy atom. The van der Waals surface area contributed by atoms with Crippen molar-refractivity contribution in [3.8, 4) is 6.07 Å². The molecule has 0 spiro atoms. The SMILES string of the molecule is CNC(C)(C#N)CCCSCC(C)CO. The van der Waals surface area contributed by atoms with E-state index in [1.54, 1.807) is 0 Å². The van der Waals surface area contributed by atoms with Crippen molar-refractivity contribution >= 4 is 11.8 Å². The van der Waals surface area contributed by atoms with Gasteiger partial charge in [-0.15, -0.1) is 0 Å². The van der Waals surface area contributed by atoms with Crippen LogP contribution in [0.5, 0.6) is 0 Å². The van der Waals surface area contributed by atoms with Crippen molar-refractivity contribution in [3.63, 3.8) is 0 Å². The summed E-state index contributed by atoms with van der Waals surface area (Å²) >= 11 is 1.85. The summed E-state index contributed by atoms with van der Waals surface area (Å²) in [7, 11) is 1.82. The highest BCUT2D eigenvalue weighted by molar-refractivity contribution is 7.99. The maximum absolute atomic E-state index is 8.92. The van der Waals surface area contributed by atoms with Crippen LogP contribution in [0.4, 0.5) is 0 Å². The fraction of sp³-hybridized carbons (Fsp3) is 0.909. The zero-order valence-corrected chi connectivity index (χ0v) is 10.7. The van der Waals surface area contributed by atoms with Gasteiger partial charge in [0.05, 0.1) is 6.07 Å². The minimum Gasteiger partial charge on any atom is -0.396 e. The first-order chi connectivity index (χ1) is 7.08. The number of aliphatic hydroxyl groups is 1. The van der Waals surface area contributed by atoms with Crippen molar-refractivity contribution in [3.05, 3.63) is 0 Å². The van der Waals surface area contributed by atoms with Gasteiger partial charge in [-0.3, -0.25) is 0 Å². The van der Waals surface area contributed by atoms with E-state index < -0.39 is 0 Å². The maximum Gasteiger partial charge on any atom is 0.103 e. The van der Waals surface area contributed by atoms with Crippen molar-refractivity contribution in [1.82, 2.24) is 5.32 Å². The molecule has 88 valence electrons. The molecule has 0 fully saturated rings. The summed E-state index contributed by atoms with van der Waals surface area (Å²) in [4.78, 5) is 0. The van der Waals surface area contributed by atoms with E-state index in [1.807, 2.05) is 32.7 Å². The van der Waals surface area contributed by atoms with Crippen LogP contribution in [-0.4, -0.2) is 35.8 Å². The number of nitrogens with zero attached hydrogens (tertiary/aromatic N) is 1. The lowest BCUT2D eigenvalue weighted by molar-refractivity contribution is 0.250. The summed E-state index contributed by atoms with van der Waals surface area (Å²) in [6.45, 7) is 4.23. The maximum atomic E-state index is 8.92. The van der Waals surface area contributed by atoms with Gasteiger partial charge < -0.3 is 10.4 Å². The number of nitrogens with one attached hydrogen (secondary N) is 1. The van der Waals surface area contributed by atoms with E-state index in [0.29, 0.717) is 5.92 Å². The molecule has 0 rings (SSSR count). The van der Waals surface area contributed by atoms with Gasteiger partial charge >= 0.3 is 0 Å². The van der Waals surface area contributed by atoms with E-state index in [-0.39, 0.29) is 12.1 Å². The predicted octanol–water partition coefficient (Wildman–Crippen LogP) is 1.63. The van der Waals surface area contributed by atoms with E-state index in [4.69, 9.17) is 10.4 Å². The summed E-state index contributed by atoms with van der Waals surface area (Å²) in [5.41, 5.74) is -0.386. The third-order valence-corrected chi connectivity index (χ3v) is 3.86. The number of hydrogen-bond acceptors (Lipinski definition) is 4. The highest BCUT2D eigenvalue weighted by atomic mass is 32.2. The van der Waals surface area contributed by atoms with Crippen LogP contribution in [0.2, 0.25) is 0 Å². The topological polar surface area (TPSA) is 56.0 Å². The largest absolute Gasteiger partial charge is 0.396 e. The zero-order chi connectivity index (χ0) is 11.7. The lowest BCUT2D eigenvalue weighted by Gasteiger charge is -2.20. The second-order valence-corrected chi connectivity index (χ2v) is 5.31. The van der Waals surface area contributed by atoms with Crippen LogP contribution < -0.4 is 5.32 Å². The summed E-state index contributed by atoms with van der Waals surface area (Å²) in [6.07, 6.45) is 1.91. The first kappa shape index (κ1) is 14.8. The average molecular weight is 230 g/mol. The molecule has 4 heteroatoms. The van der Waals surface area contributed by atoms with Crippen molar-refractivity contribution in [2.24, 2.45) is 5.92 Å². The minimum atomic E-state index is -0.386. The third-order valence-electron chi connectivity index (χ3n) is 2.48. The van der Waals surface area contributed by atoms with E-state index >= 15 is 0 Å². The zero-order valence-electron chi connectivity index (χ0n) is 9.92. The van der Waals surface area contributed by atoms with Crippen LogP contribution in [0.1, 0.15) is 26.7 Å². The monoisotopic (exact) mass is 230 g/mol. The fourth-order valence-corrected chi connectivity index (χ4v) is 2.12. The summed E-state index contributed by atoms with van der Waals surface area (Å²) < 4.78 is 0. The Balaban J connectivity index is 3.51. The molecule has 2 unspecified atom stereocenters. The van der Waals surface area contributed by atoms with E-state index in [0.717, 1.165) is 24.3 Å². The van der Waals surface area contributed by atoms with Gasteiger partial charge in [-0.25, -0.2) is 0 Å². The number of nitriles is 1. The molecular formula is C11H22N2OS. The molecule has 0 heterocycles. The van der Waals surface area contributed by atoms with E-state index in [9.17, 15) is 0 Å². The standard InChI is InChI=1S/C11H22N2OS/c1-10(7-14)8-15-6-4-5-11(2,9-12)13-3/h10,13-14H,4-8H2,1-3H3. The second-order valence-electron chi connectivity index (χ2n) is 4.16. The Bertz CT molecular complexity index is 205. The summed E-state index contributed by atoms with van der Waals surface area (Å²) in [6, 6.07) is 2.28. The van der Waals surface area contributed by atoms with Crippen LogP contribution in [0.3, 0.4) is 0 Å². The lowest BCUT2D eigenvalue weighted by Crippen LogP contribution is -2.37. The summed E-state index contributed by atoms with van der Waals surface area (Å²) in [5.74, 6) is 2.43. The highest BCUT2D eigenvalue weighted by Crippen LogP contribution is 2.15. The molecule has 2 N–H and O–H groups in total. The first-order valence-electron chi connectivity index (χ1n) is 5.36. The van der Waals surface area contributed by atoms with Crippen LogP contribution in [-0.2, 0) is 0 Å².